The first kappa shape index (κ1) is 73.9. The van der Waals surface area contributed by atoms with E-state index < -0.39 is 20.0 Å². The summed E-state index contributed by atoms with van der Waals surface area (Å²) in [6.45, 7) is 6.92. The van der Waals surface area contributed by atoms with Crippen LogP contribution in [0.2, 0.25) is 0 Å². The number of amides is 1. The highest BCUT2D eigenvalue weighted by atomic mass is 31.2. The summed E-state index contributed by atoms with van der Waals surface area (Å²) in [5.41, 5.74) is 0. The number of nitrogens with one attached hydrogen (secondary N) is 1. The van der Waals surface area contributed by atoms with E-state index in [0.717, 1.165) is 128 Å². The number of hydrogen-bond donors (Lipinski definition) is 2. The van der Waals surface area contributed by atoms with Gasteiger partial charge in [-0.1, -0.05) is 234 Å². The van der Waals surface area contributed by atoms with E-state index in [0.29, 0.717) is 23.9 Å². The highest BCUT2D eigenvalue weighted by Crippen LogP contribution is 2.43. The predicted molar refractivity (Wildman–Crippen MR) is 332 cm³/mol. The Bertz CT molecular complexity index is 1640. The van der Waals surface area contributed by atoms with Crippen LogP contribution in [0.15, 0.2) is 97.2 Å². The lowest BCUT2D eigenvalue weighted by Gasteiger charge is -2.27. The molecule has 0 aromatic rings. The first-order chi connectivity index (χ1) is 37.4. The highest BCUT2D eigenvalue weighted by molar-refractivity contribution is 7.47. The number of hydrogen-bond acceptors (Lipinski definition) is 6. The van der Waals surface area contributed by atoms with Gasteiger partial charge in [-0.15, -0.1) is 0 Å². The molecule has 0 spiro atoms. The van der Waals surface area contributed by atoms with E-state index in [1.165, 1.54) is 96.3 Å². The molecule has 0 aliphatic heterocycles. The lowest BCUT2D eigenvalue weighted by atomic mass is 10.1. The molecule has 444 valence electrons. The number of esters is 1. The van der Waals surface area contributed by atoms with Crippen molar-refractivity contribution in [2.45, 2.75) is 277 Å². The molecule has 0 fully saturated rings. The first-order valence-electron chi connectivity index (χ1n) is 31.6. The lowest BCUT2D eigenvalue weighted by Crippen LogP contribution is -2.47. The van der Waals surface area contributed by atoms with Crippen LogP contribution in [-0.4, -0.2) is 74.3 Å². The molecule has 0 aliphatic carbocycles. The first-order valence-corrected chi connectivity index (χ1v) is 33.1. The number of allylic oxidation sites excluding steroid dienone is 15. The van der Waals surface area contributed by atoms with Crippen molar-refractivity contribution in [3.63, 3.8) is 0 Å². The van der Waals surface area contributed by atoms with Gasteiger partial charge >= 0.3 is 13.8 Å². The molecular formula is C67H120N2O7P+. The Morgan fingerprint density at radius 3 is 1.21 bits per heavy atom. The Labute approximate surface area is 475 Å². The fourth-order valence-corrected chi connectivity index (χ4v) is 9.31. The molecule has 0 aromatic heterocycles. The third kappa shape index (κ3) is 57.4. The summed E-state index contributed by atoms with van der Waals surface area (Å²) in [5, 5.41) is 3.04. The molecule has 1 amide bonds. The molecule has 0 aromatic carbocycles. The molecule has 2 N–H and O–H groups in total. The maximum absolute atomic E-state index is 13.5. The fraction of sp³-hybridized carbons (Fsp3) is 0.731. The average molecular weight is 1100 g/mol. The van der Waals surface area contributed by atoms with E-state index in [1.54, 1.807) is 0 Å². The minimum atomic E-state index is -4.46. The van der Waals surface area contributed by atoms with Crippen LogP contribution in [0.4, 0.5) is 0 Å². The van der Waals surface area contributed by atoms with Gasteiger partial charge in [-0.3, -0.25) is 18.6 Å². The Morgan fingerprint density at radius 1 is 0.455 bits per heavy atom. The van der Waals surface area contributed by atoms with Crippen molar-refractivity contribution in [3.05, 3.63) is 97.2 Å². The number of phosphoric ester groups is 1. The van der Waals surface area contributed by atoms with Crippen LogP contribution >= 0.6 is 7.82 Å². The van der Waals surface area contributed by atoms with Gasteiger partial charge in [0.15, 0.2) is 0 Å². The number of unbranched alkanes of at least 4 members (excludes halogenated alkanes) is 26. The van der Waals surface area contributed by atoms with Crippen LogP contribution in [0.25, 0.3) is 0 Å². The van der Waals surface area contributed by atoms with Gasteiger partial charge in [0.2, 0.25) is 5.91 Å². The van der Waals surface area contributed by atoms with Crippen LogP contribution in [0.3, 0.4) is 0 Å². The zero-order valence-electron chi connectivity index (χ0n) is 50.7. The van der Waals surface area contributed by atoms with Crippen molar-refractivity contribution in [3.8, 4) is 0 Å². The van der Waals surface area contributed by atoms with Gasteiger partial charge in [-0.05, 0) is 115 Å². The zero-order chi connectivity index (χ0) is 56.4. The van der Waals surface area contributed by atoms with Gasteiger partial charge < -0.3 is 19.4 Å². The normalized spacial score (nSPS) is 14.3. The molecule has 3 atom stereocenters. The molecule has 0 rings (SSSR count). The van der Waals surface area contributed by atoms with Gasteiger partial charge in [-0.2, -0.15) is 0 Å². The summed E-state index contributed by atoms with van der Waals surface area (Å²) in [5.74, 6) is -0.544. The number of quaternary nitrogens is 1. The second kappa shape index (κ2) is 56.2. The van der Waals surface area contributed by atoms with Gasteiger partial charge in [0.1, 0.15) is 19.3 Å². The number of phosphoric acid groups is 1. The van der Waals surface area contributed by atoms with Crippen LogP contribution in [0, 0.1) is 0 Å². The average Bonchev–Trinajstić information content (AvgIpc) is 3.39. The van der Waals surface area contributed by atoms with Crippen LogP contribution in [0.5, 0.6) is 0 Å². The van der Waals surface area contributed by atoms with Crippen molar-refractivity contribution in [2.75, 3.05) is 40.9 Å². The standard InChI is InChI=1S/C67H119N2O7P/c1-7-10-13-16-19-22-25-27-29-31-33-34-36-38-40-42-45-48-51-54-57-60-67(71)76-65(58-55-52-49-46-43-24-21-18-15-12-9-3)64(63-75-77(72,73)74-62-61-69(4,5)6)68-66(70)59-56-53-50-47-44-41-39-37-35-32-30-28-26-23-20-17-14-11-8-2/h19-20,22-23,27-30,33-35,37-38,40,55,58,64-65H,7-18,21,24-26,31-32,36,39,41-54,56-57,59-63H2,1-6H3,(H-,68,70,72,73)/p+1/b22-19-,23-20-,29-27-,30-28-,34-33-,37-35-,40-38-,58-55+. The van der Waals surface area contributed by atoms with E-state index in [2.05, 4.69) is 111 Å². The van der Waals surface area contributed by atoms with E-state index in [-0.39, 0.29) is 31.5 Å². The molecule has 0 saturated heterocycles. The van der Waals surface area contributed by atoms with Crippen molar-refractivity contribution in [2.24, 2.45) is 0 Å². The number of carbonyl (C=O) groups excluding carboxylic acids is 2. The molecule has 0 heterocycles. The fourth-order valence-electron chi connectivity index (χ4n) is 8.58. The lowest BCUT2D eigenvalue weighted by molar-refractivity contribution is -0.870. The molecule has 9 nitrogen and oxygen atoms in total. The van der Waals surface area contributed by atoms with Crippen molar-refractivity contribution < 1.29 is 37.3 Å². The van der Waals surface area contributed by atoms with Crippen LogP contribution in [0.1, 0.15) is 265 Å². The van der Waals surface area contributed by atoms with Crippen molar-refractivity contribution in [1.82, 2.24) is 5.32 Å². The molecule has 0 bridgehead atoms. The summed E-state index contributed by atoms with van der Waals surface area (Å²) in [4.78, 5) is 37.7. The third-order valence-electron chi connectivity index (χ3n) is 13.5. The summed E-state index contributed by atoms with van der Waals surface area (Å²) >= 11 is 0. The summed E-state index contributed by atoms with van der Waals surface area (Å²) < 4.78 is 30.7. The largest absolute Gasteiger partial charge is 0.472 e. The van der Waals surface area contributed by atoms with E-state index in [9.17, 15) is 19.0 Å². The minimum Gasteiger partial charge on any atom is -0.456 e. The van der Waals surface area contributed by atoms with Crippen LogP contribution in [-0.2, 0) is 27.9 Å². The van der Waals surface area contributed by atoms with Gasteiger partial charge in [-0.25, -0.2) is 4.57 Å². The number of rotatable bonds is 56. The molecule has 10 heteroatoms. The smallest absolute Gasteiger partial charge is 0.456 e. The molecule has 3 unspecified atom stereocenters. The van der Waals surface area contributed by atoms with E-state index >= 15 is 0 Å². The molecule has 77 heavy (non-hydrogen) atoms. The highest BCUT2D eigenvalue weighted by Gasteiger charge is 2.30. The van der Waals surface area contributed by atoms with Crippen LogP contribution < -0.4 is 5.32 Å². The minimum absolute atomic E-state index is 0.0295. The third-order valence-corrected chi connectivity index (χ3v) is 14.5. The number of likely N-dealkylation sites (N-methyl/N-ethyl adjacent to an activating group) is 1. The maximum atomic E-state index is 13.5. The van der Waals surface area contributed by atoms with Gasteiger partial charge in [0, 0.05) is 12.8 Å². The summed E-state index contributed by atoms with van der Waals surface area (Å²) in [7, 11) is 1.46. The Kier molecular flexibility index (Phi) is 54.0. The number of carbonyl (C=O) groups is 2. The Morgan fingerprint density at radius 2 is 0.792 bits per heavy atom. The summed E-state index contributed by atoms with van der Waals surface area (Å²) in [6.07, 6.45) is 75.4. The van der Waals surface area contributed by atoms with E-state index in [1.807, 2.05) is 33.3 Å². The van der Waals surface area contributed by atoms with Gasteiger partial charge in [0.25, 0.3) is 0 Å². The second-order valence-electron chi connectivity index (χ2n) is 22.2. The van der Waals surface area contributed by atoms with E-state index in [4.69, 9.17) is 13.8 Å². The maximum Gasteiger partial charge on any atom is 0.472 e. The summed E-state index contributed by atoms with van der Waals surface area (Å²) in [6, 6.07) is -0.869. The van der Waals surface area contributed by atoms with Crippen molar-refractivity contribution in [1.29, 1.82) is 0 Å². The van der Waals surface area contributed by atoms with Crippen molar-refractivity contribution >= 4 is 19.7 Å². The topological polar surface area (TPSA) is 111 Å². The number of ether oxygens (including phenoxy) is 1. The quantitative estimate of drug-likeness (QED) is 0.0205. The molecule has 0 radical (unpaired) electrons. The molecular weight excluding hydrogens is 976 g/mol. The Balaban J connectivity index is 5.28. The number of nitrogens with zero attached hydrogens (tertiary/aromatic N) is 1. The SMILES string of the molecule is CCCCC/C=C\C/C=C\C/C=C\C/C=C\CCCCCCCC(=O)OC(/C=C/CCCCCCCCCCC)C(COP(=O)(O)OCC[N+](C)(C)C)NC(=O)CCCCCCCC/C=C\C/C=C\C/C=C\CCCCC. The zero-order valence-corrected chi connectivity index (χ0v) is 51.6. The second-order valence-corrected chi connectivity index (χ2v) is 23.7. The van der Waals surface area contributed by atoms with Gasteiger partial charge in [0.05, 0.1) is 33.8 Å². The molecule has 0 saturated carbocycles. The Hall–Kier alpha value is -3.07. The monoisotopic (exact) mass is 1100 g/mol. The molecule has 0 aliphatic rings. The predicted octanol–water partition coefficient (Wildman–Crippen LogP) is 19.6.